The first kappa shape index (κ1) is 19.3. The minimum absolute atomic E-state index is 0.116. The summed E-state index contributed by atoms with van der Waals surface area (Å²) in [5, 5.41) is 11.6. The van der Waals surface area contributed by atoms with Crippen LogP contribution in [0.15, 0.2) is 42.5 Å². The van der Waals surface area contributed by atoms with Crippen molar-refractivity contribution < 1.29 is 14.3 Å². The summed E-state index contributed by atoms with van der Waals surface area (Å²) in [6.07, 6.45) is 0. The van der Waals surface area contributed by atoms with Crippen molar-refractivity contribution in [2.24, 2.45) is 0 Å². The Morgan fingerprint density at radius 2 is 1.92 bits per heavy atom. The monoisotopic (exact) mass is 353 g/mol. The molecule has 1 amide bonds. The Morgan fingerprint density at radius 1 is 1.19 bits per heavy atom. The highest BCUT2D eigenvalue weighted by molar-refractivity contribution is 5.92. The number of benzene rings is 2. The lowest BCUT2D eigenvalue weighted by atomic mass is 10.2. The predicted molar refractivity (Wildman–Crippen MR) is 100 cm³/mol. The fraction of sp³-hybridized carbons (Fsp3) is 0.300. The van der Waals surface area contributed by atoms with Crippen LogP contribution in [0.4, 0.5) is 5.69 Å². The van der Waals surface area contributed by atoms with Crippen LogP contribution in [0.2, 0.25) is 0 Å². The second-order valence-corrected chi connectivity index (χ2v) is 5.83. The Kier molecular flexibility index (Phi) is 7.01. The van der Waals surface area contributed by atoms with Crippen molar-refractivity contribution in [3.05, 3.63) is 53.6 Å². The lowest BCUT2D eigenvalue weighted by Gasteiger charge is -2.18. The molecule has 0 atom stereocenters. The highest BCUT2D eigenvalue weighted by Gasteiger charge is 2.10. The van der Waals surface area contributed by atoms with E-state index in [1.165, 1.54) is 0 Å². The van der Waals surface area contributed by atoms with E-state index < -0.39 is 0 Å². The van der Waals surface area contributed by atoms with E-state index in [0.717, 1.165) is 5.56 Å². The van der Waals surface area contributed by atoms with Crippen LogP contribution >= 0.6 is 0 Å². The molecular weight excluding hydrogens is 330 g/mol. The Hall–Kier alpha value is -3.04. The number of carbonyl (C=O) groups is 1. The lowest BCUT2D eigenvalue weighted by Crippen LogP contribution is -2.29. The Labute approximate surface area is 153 Å². The molecule has 0 fully saturated rings. The SMILES string of the molecule is CCOc1ccc(CN(C)CC(=O)Nc2ccc(C#N)cc2)cc1OC. The number of nitrogens with one attached hydrogen (secondary N) is 1. The number of amides is 1. The van der Waals surface area contributed by atoms with Crippen LogP contribution in [-0.4, -0.2) is 38.1 Å². The molecule has 0 heterocycles. The van der Waals surface area contributed by atoms with Gasteiger partial charge in [0, 0.05) is 12.2 Å². The number of ether oxygens (including phenoxy) is 2. The summed E-state index contributed by atoms with van der Waals surface area (Å²) in [5.41, 5.74) is 2.26. The molecule has 0 bridgehead atoms. The molecule has 2 aromatic carbocycles. The maximum atomic E-state index is 12.2. The van der Waals surface area contributed by atoms with Crippen molar-refractivity contribution in [3.63, 3.8) is 0 Å². The third kappa shape index (κ3) is 5.50. The van der Waals surface area contributed by atoms with Gasteiger partial charge >= 0.3 is 0 Å². The van der Waals surface area contributed by atoms with Gasteiger partial charge in [-0.15, -0.1) is 0 Å². The van der Waals surface area contributed by atoms with Gasteiger partial charge in [0.25, 0.3) is 0 Å². The summed E-state index contributed by atoms with van der Waals surface area (Å²) in [6.45, 7) is 3.35. The summed E-state index contributed by atoms with van der Waals surface area (Å²) >= 11 is 0. The normalized spacial score (nSPS) is 10.3. The maximum Gasteiger partial charge on any atom is 0.238 e. The topological polar surface area (TPSA) is 74.6 Å². The first-order valence-corrected chi connectivity index (χ1v) is 8.34. The van der Waals surface area contributed by atoms with Crippen molar-refractivity contribution in [2.45, 2.75) is 13.5 Å². The zero-order valence-electron chi connectivity index (χ0n) is 15.3. The molecule has 0 radical (unpaired) electrons. The smallest absolute Gasteiger partial charge is 0.238 e. The van der Waals surface area contributed by atoms with Gasteiger partial charge in [0.1, 0.15) is 0 Å². The zero-order valence-corrected chi connectivity index (χ0v) is 15.3. The van der Waals surface area contributed by atoms with Gasteiger partial charge in [0.2, 0.25) is 5.91 Å². The molecule has 0 saturated carbocycles. The maximum absolute atomic E-state index is 12.2. The first-order valence-electron chi connectivity index (χ1n) is 8.34. The molecule has 1 N–H and O–H groups in total. The summed E-state index contributed by atoms with van der Waals surface area (Å²) < 4.78 is 10.9. The van der Waals surface area contributed by atoms with Crippen LogP contribution in [0.25, 0.3) is 0 Å². The van der Waals surface area contributed by atoms with Crippen LogP contribution in [0.3, 0.4) is 0 Å². The number of anilines is 1. The van der Waals surface area contributed by atoms with Gasteiger partial charge in [-0.25, -0.2) is 0 Å². The van der Waals surface area contributed by atoms with E-state index in [1.807, 2.05) is 43.1 Å². The average Bonchev–Trinajstić information content (AvgIpc) is 2.63. The van der Waals surface area contributed by atoms with Crippen LogP contribution in [0.1, 0.15) is 18.1 Å². The minimum atomic E-state index is -0.116. The number of nitrogens with zero attached hydrogens (tertiary/aromatic N) is 2. The Morgan fingerprint density at radius 3 is 2.54 bits per heavy atom. The van der Waals surface area contributed by atoms with Crippen LogP contribution in [0, 0.1) is 11.3 Å². The molecule has 26 heavy (non-hydrogen) atoms. The molecule has 0 aliphatic heterocycles. The molecule has 0 saturated heterocycles. The standard InChI is InChI=1S/C20H23N3O3/c1-4-26-18-10-7-16(11-19(18)25-3)13-23(2)14-20(24)22-17-8-5-15(12-21)6-9-17/h5-11H,4,13-14H2,1-3H3,(H,22,24). The lowest BCUT2D eigenvalue weighted by molar-refractivity contribution is -0.117. The van der Waals surface area contributed by atoms with E-state index in [1.54, 1.807) is 31.4 Å². The first-order chi connectivity index (χ1) is 12.5. The van der Waals surface area contributed by atoms with E-state index >= 15 is 0 Å². The summed E-state index contributed by atoms with van der Waals surface area (Å²) in [6, 6.07) is 14.6. The van der Waals surface area contributed by atoms with E-state index in [4.69, 9.17) is 14.7 Å². The molecule has 136 valence electrons. The Bertz CT molecular complexity index is 782. The Balaban J connectivity index is 1.91. The van der Waals surface area contributed by atoms with E-state index in [9.17, 15) is 4.79 Å². The fourth-order valence-electron chi connectivity index (χ4n) is 2.53. The minimum Gasteiger partial charge on any atom is -0.493 e. The highest BCUT2D eigenvalue weighted by Crippen LogP contribution is 2.28. The highest BCUT2D eigenvalue weighted by atomic mass is 16.5. The number of hydrogen-bond acceptors (Lipinski definition) is 5. The third-order valence-electron chi connectivity index (χ3n) is 3.69. The van der Waals surface area contributed by atoms with Crippen LogP contribution < -0.4 is 14.8 Å². The van der Waals surface area contributed by atoms with E-state index in [2.05, 4.69) is 5.32 Å². The van der Waals surface area contributed by atoms with Crippen molar-refractivity contribution in [2.75, 3.05) is 32.6 Å². The van der Waals surface area contributed by atoms with Gasteiger partial charge in [0.05, 0.1) is 31.9 Å². The van der Waals surface area contributed by atoms with Crippen LogP contribution in [0.5, 0.6) is 11.5 Å². The number of carbonyl (C=O) groups excluding carboxylic acids is 1. The van der Waals surface area contributed by atoms with Gasteiger partial charge in [-0.1, -0.05) is 6.07 Å². The number of methoxy groups -OCH3 is 1. The molecule has 6 heteroatoms. The molecule has 2 rings (SSSR count). The van der Waals surface area contributed by atoms with Crippen molar-refractivity contribution in [3.8, 4) is 17.6 Å². The van der Waals surface area contributed by atoms with Gasteiger partial charge in [-0.05, 0) is 55.9 Å². The molecule has 0 spiro atoms. The number of rotatable bonds is 8. The molecule has 6 nitrogen and oxygen atoms in total. The molecule has 0 aliphatic rings. The third-order valence-corrected chi connectivity index (χ3v) is 3.69. The van der Waals surface area contributed by atoms with Crippen LogP contribution in [-0.2, 0) is 11.3 Å². The van der Waals surface area contributed by atoms with Crippen molar-refractivity contribution in [1.29, 1.82) is 5.26 Å². The van der Waals surface area contributed by atoms with Gasteiger partial charge in [0.15, 0.2) is 11.5 Å². The molecule has 0 unspecified atom stereocenters. The zero-order chi connectivity index (χ0) is 18.9. The molecule has 0 aromatic heterocycles. The van der Waals surface area contributed by atoms with E-state index in [-0.39, 0.29) is 12.5 Å². The molecule has 0 aliphatic carbocycles. The van der Waals surface area contributed by atoms with Crippen molar-refractivity contribution >= 4 is 11.6 Å². The van der Waals surface area contributed by atoms with E-state index in [0.29, 0.717) is 35.9 Å². The van der Waals surface area contributed by atoms with Gasteiger partial charge in [-0.3, -0.25) is 9.69 Å². The van der Waals surface area contributed by atoms with Crippen molar-refractivity contribution in [1.82, 2.24) is 4.90 Å². The summed E-state index contributed by atoms with van der Waals surface area (Å²) in [4.78, 5) is 14.1. The number of likely N-dealkylation sites (N-methyl/N-ethyl adjacent to an activating group) is 1. The largest absolute Gasteiger partial charge is 0.493 e. The van der Waals surface area contributed by atoms with Gasteiger partial charge < -0.3 is 14.8 Å². The second kappa shape index (κ2) is 9.44. The second-order valence-electron chi connectivity index (χ2n) is 5.83. The number of nitriles is 1. The molecular formula is C20H23N3O3. The predicted octanol–water partition coefficient (Wildman–Crippen LogP) is 3.04. The fourth-order valence-corrected chi connectivity index (χ4v) is 2.53. The summed E-state index contributed by atoms with van der Waals surface area (Å²) in [5.74, 6) is 1.27. The summed E-state index contributed by atoms with van der Waals surface area (Å²) in [7, 11) is 3.48. The molecule has 2 aromatic rings. The number of hydrogen-bond donors (Lipinski definition) is 1. The quantitative estimate of drug-likeness (QED) is 0.789. The van der Waals surface area contributed by atoms with Gasteiger partial charge in [-0.2, -0.15) is 5.26 Å². The average molecular weight is 353 g/mol.